The summed E-state index contributed by atoms with van der Waals surface area (Å²) >= 11 is 0. The quantitative estimate of drug-likeness (QED) is 0.388. The van der Waals surface area contributed by atoms with Gasteiger partial charge in [-0.25, -0.2) is 0 Å². The maximum Gasteiger partial charge on any atom is 0.0987 e. The van der Waals surface area contributed by atoms with Gasteiger partial charge < -0.3 is 4.42 Å². The van der Waals surface area contributed by atoms with Crippen LogP contribution in [0.4, 0.5) is 0 Å². The number of hydrogen-bond acceptors (Lipinski definition) is 1. The fraction of sp³-hybridized carbons (Fsp3) is 0. The van der Waals surface area contributed by atoms with Gasteiger partial charge in [-0.15, -0.1) is 0 Å². The molecule has 0 aliphatic heterocycles. The van der Waals surface area contributed by atoms with Crippen molar-refractivity contribution in [1.82, 2.24) is 0 Å². The molecule has 0 atom stereocenters. The lowest BCUT2D eigenvalue weighted by molar-refractivity contribution is 0.573. The molecule has 80 valence electrons. The molecule has 1 aromatic heterocycles. The number of benzene rings is 3. The summed E-state index contributed by atoms with van der Waals surface area (Å²) in [6, 6.07) is 17.0. The summed E-state index contributed by atoms with van der Waals surface area (Å²) in [6.45, 7) is 0. The van der Waals surface area contributed by atoms with Crippen molar-refractivity contribution in [2.24, 2.45) is 0 Å². The molecular formula is C16H10O. The predicted octanol–water partition coefficient (Wildman–Crippen LogP) is 4.74. The maximum atomic E-state index is 5.38. The van der Waals surface area contributed by atoms with Gasteiger partial charge in [-0.3, -0.25) is 0 Å². The van der Waals surface area contributed by atoms with E-state index in [2.05, 4.69) is 48.5 Å². The second kappa shape index (κ2) is 3.11. The van der Waals surface area contributed by atoms with Gasteiger partial charge in [0.25, 0.3) is 0 Å². The van der Waals surface area contributed by atoms with Gasteiger partial charge in [0.2, 0.25) is 0 Å². The van der Waals surface area contributed by atoms with Crippen LogP contribution in [-0.4, -0.2) is 0 Å². The third kappa shape index (κ3) is 1.08. The fourth-order valence-corrected chi connectivity index (χ4v) is 2.62. The van der Waals surface area contributed by atoms with E-state index < -0.39 is 0 Å². The van der Waals surface area contributed by atoms with Crippen molar-refractivity contribution in [2.45, 2.75) is 0 Å². The maximum absolute atomic E-state index is 5.38. The van der Waals surface area contributed by atoms with Gasteiger partial charge in [-0.05, 0) is 21.5 Å². The molecule has 3 aromatic carbocycles. The van der Waals surface area contributed by atoms with Crippen molar-refractivity contribution in [3.63, 3.8) is 0 Å². The zero-order chi connectivity index (χ0) is 11.2. The second-order valence-electron chi connectivity index (χ2n) is 4.29. The molecule has 0 aliphatic carbocycles. The molecule has 4 rings (SSSR count). The predicted molar refractivity (Wildman–Crippen MR) is 71.2 cm³/mol. The van der Waals surface area contributed by atoms with Gasteiger partial charge in [0.15, 0.2) is 0 Å². The summed E-state index contributed by atoms with van der Waals surface area (Å²) in [5.41, 5.74) is 0. The van der Waals surface area contributed by atoms with Crippen molar-refractivity contribution in [3.05, 3.63) is 61.1 Å². The molecule has 0 unspecified atom stereocenters. The molecule has 17 heavy (non-hydrogen) atoms. The van der Waals surface area contributed by atoms with Crippen LogP contribution in [0.2, 0.25) is 0 Å². The summed E-state index contributed by atoms with van der Waals surface area (Å²) in [4.78, 5) is 0. The lowest BCUT2D eigenvalue weighted by Crippen LogP contribution is -1.78. The number of hydrogen-bond donors (Lipinski definition) is 0. The van der Waals surface area contributed by atoms with Gasteiger partial charge in [-0.2, -0.15) is 0 Å². The minimum absolute atomic E-state index is 1.19. The molecule has 0 amide bonds. The van der Waals surface area contributed by atoms with Crippen molar-refractivity contribution in [3.8, 4) is 0 Å². The van der Waals surface area contributed by atoms with Gasteiger partial charge >= 0.3 is 0 Å². The molecule has 1 nitrogen and oxygen atoms in total. The van der Waals surface area contributed by atoms with E-state index in [1.54, 1.807) is 0 Å². The van der Waals surface area contributed by atoms with Crippen molar-refractivity contribution in [1.29, 1.82) is 0 Å². The topological polar surface area (TPSA) is 13.1 Å². The zero-order valence-electron chi connectivity index (χ0n) is 9.18. The molecular weight excluding hydrogens is 208 g/mol. The van der Waals surface area contributed by atoms with E-state index in [0.717, 1.165) is 0 Å². The van der Waals surface area contributed by atoms with Crippen molar-refractivity contribution < 1.29 is 4.42 Å². The summed E-state index contributed by atoms with van der Waals surface area (Å²) < 4.78 is 5.38. The zero-order valence-corrected chi connectivity index (χ0v) is 9.18. The Morgan fingerprint density at radius 1 is 0.471 bits per heavy atom. The second-order valence-corrected chi connectivity index (χ2v) is 4.29. The highest BCUT2D eigenvalue weighted by molar-refractivity contribution is 6.24. The standard InChI is InChI=1S/C16H10O/c1-3-7-13-11(5-1)12-6-2-4-8-14(12)16-10-17-9-15(13)16/h1-10H. The molecule has 0 N–H and O–H groups in total. The van der Waals surface area contributed by atoms with Crippen LogP contribution in [0, 0.1) is 0 Å². The Balaban J connectivity index is 2.48. The number of rotatable bonds is 0. The SMILES string of the molecule is c1ccc2c(c1)c1ccccc1c1cocc21. The van der Waals surface area contributed by atoms with Crippen LogP contribution in [0.15, 0.2) is 65.5 Å². The van der Waals surface area contributed by atoms with Crippen LogP contribution in [0.1, 0.15) is 0 Å². The average Bonchev–Trinajstić information content (AvgIpc) is 2.89. The first-order valence-corrected chi connectivity index (χ1v) is 5.70. The normalized spacial score (nSPS) is 11.5. The molecule has 4 aromatic rings. The van der Waals surface area contributed by atoms with E-state index in [4.69, 9.17) is 4.42 Å². The molecule has 0 bridgehead atoms. The minimum atomic E-state index is 1.19. The number of furan rings is 1. The lowest BCUT2D eigenvalue weighted by atomic mass is 9.97. The molecule has 0 fully saturated rings. The van der Waals surface area contributed by atoms with Crippen LogP contribution in [0.3, 0.4) is 0 Å². The van der Waals surface area contributed by atoms with E-state index in [-0.39, 0.29) is 0 Å². The highest BCUT2D eigenvalue weighted by Crippen LogP contribution is 2.34. The molecule has 1 heterocycles. The molecule has 0 aliphatic rings. The van der Waals surface area contributed by atoms with Crippen LogP contribution >= 0.6 is 0 Å². The first-order chi connectivity index (χ1) is 8.45. The average molecular weight is 218 g/mol. The van der Waals surface area contributed by atoms with Gasteiger partial charge in [0.1, 0.15) is 0 Å². The third-order valence-electron chi connectivity index (χ3n) is 3.39. The van der Waals surface area contributed by atoms with Crippen molar-refractivity contribution >= 4 is 32.3 Å². The Morgan fingerprint density at radius 2 is 0.824 bits per heavy atom. The molecule has 0 saturated heterocycles. The Morgan fingerprint density at radius 3 is 1.24 bits per heavy atom. The van der Waals surface area contributed by atoms with E-state index in [0.29, 0.717) is 0 Å². The van der Waals surface area contributed by atoms with Crippen LogP contribution < -0.4 is 0 Å². The first kappa shape index (κ1) is 8.82. The van der Waals surface area contributed by atoms with E-state index in [9.17, 15) is 0 Å². The largest absolute Gasteiger partial charge is 0.471 e. The van der Waals surface area contributed by atoms with E-state index in [1.807, 2.05) is 12.5 Å². The summed E-state index contributed by atoms with van der Waals surface area (Å²) in [7, 11) is 0. The Kier molecular flexibility index (Phi) is 1.61. The van der Waals surface area contributed by atoms with Crippen LogP contribution in [-0.2, 0) is 0 Å². The smallest absolute Gasteiger partial charge is 0.0987 e. The molecule has 1 heteroatoms. The Hall–Kier alpha value is -2.28. The van der Waals surface area contributed by atoms with Crippen LogP contribution in [0.25, 0.3) is 32.3 Å². The van der Waals surface area contributed by atoms with Crippen LogP contribution in [0.5, 0.6) is 0 Å². The Bertz CT molecular complexity index is 770. The number of fused-ring (bicyclic) bond motifs is 6. The third-order valence-corrected chi connectivity index (χ3v) is 3.39. The van der Waals surface area contributed by atoms with Gasteiger partial charge in [0.05, 0.1) is 12.5 Å². The molecule has 0 spiro atoms. The minimum Gasteiger partial charge on any atom is -0.471 e. The Labute approximate surface area is 98.3 Å². The highest BCUT2D eigenvalue weighted by atomic mass is 16.3. The first-order valence-electron chi connectivity index (χ1n) is 5.70. The van der Waals surface area contributed by atoms with Gasteiger partial charge in [0, 0.05) is 10.8 Å². The van der Waals surface area contributed by atoms with E-state index >= 15 is 0 Å². The summed E-state index contributed by atoms with van der Waals surface area (Å²) in [5.74, 6) is 0. The lowest BCUT2D eigenvalue weighted by Gasteiger charge is -2.05. The summed E-state index contributed by atoms with van der Waals surface area (Å²) in [5, 5.41) is 7.48. The van der Waals surface area contributed by atoms with Crippen molar-refractivity contribution in [2.75, 3.05) is 0 Å². The van der Waals surface area contributed by atoms with E-state index in [1.165, 1.54) is 32.3 Å². The highest BCUT2D eigenvalue weighted by Gasteiger charge is 2.08. The monoisotopic (exact) mass is 218 g/mol. The van der Waals surface area contributed by atoms with Gasteiger partial charge in [-0.1, -0.05) is 48.5 Å². The fourth-order valence-electron chi connectivity index (χ4n) is 2.62. The molecule has 0 saturated carbocycles. The molecule has 0 radical (unpaired) electrons. The summed E-state index contributed by atoms with van der Waals surface area (Å²) in [6.07, 6.45) is 3.67.